The van der Waals surface area contributed by atoms with Gasteiger partial charge in [-0.2, -0.15) is 0 Å². The molecule has 8 heteroatoms. The predicted octanol–water partition coefficient (Wildman–Crippen LogP) is 1.39. The van der Waals surface area contributed by atoms with E-state index in [0.717, 1.165) is 0 Å². The number of anilines is 1. The molecule has 20 heavy (non-hydrogen) atoms. The van der Waals surface area contributed by atoms with Crippen LogP contribution in [-0.2, 0) is 9.59 Å². The van der Waals surface area contributed by atoms with Crippen molar-refractivity contribution in [1.82, 2.24) is 10.4 Å². The zero-order chi connectivity index (χ0) is 15.3. The molecule has 0 saturated carbocycles. The Balaban J connectivity index is 2.58. The molecule has 0 fully saturated rings. The molecule has 1 aromatic rings. The third kappa shape index (κ3) is 5.22. The minimum atomic E-state index is -1.20. The molecule has 0 spiro atoms. The van der Waals surface area contributed by atoms with Crippen LogP contribution in [-0.4, -0.2) is 16.9 Å². The van der Waals surface area contributed by atoms with Crippen molar-refractivity contribution in [3.05, 3.63) is 22.4 Å². The Morgan fingerprint density at radius 3 is 2.30 bits per heavy atom. The van der Waals surface area contributed by atoms with Gasteiger partial charge in [0.2, 0.25) is 5.91 Å². The Hall–Kier alpha value is -1.53. The number of carboxylic acid groups (broad SMARTS) is 1. The molecule has 110 valence electrons. The Morgan fingerprint density at radius 1 is 1.25 bits per heavy atom. The molecule has 0 bridgehead atoms. The highest BCUT2D eigenvalue weighted by atomic mass is 35.5. The lowest BCUT2D eigenvalue weighted by Crippen LogP contribution is -2.36. The first-order chi connectivity index (χ1) is 9.21. The van der Waals surface area contributed by atoms with Gasteiger partial charge in [-0.1, -0.05) is 37.0 Å². The predicted molar refractivity (Wildman–Crippen MR) is 74.0 cm³/mol. The van der Waals surface area contributed by atoms with Crippen molar-refractivity contribution in [2.45, 2.75) is 26.7 Å². The second-order valence-corrected chi connectivity index (χ2v) is 5.86. The van der Waals surface area contributed by atoms with E-state index in [1.54, 1.807) is 13.8 Å². The average molecular weight is 319 g/mol. The van der Waals surface area contributed by atoms with E-state index in [-0.39, 0.29) is 28.8 Å². The van der Waals surface area contributed by atoms with E-state index in [0.29, 0.717) is 5.69 Å². The summed E-state index contributed by atoms with van der Waals surface area (Å²) in [5.74, 6) is -1.59. The number of nitrogens with one attached hydrogen (secondary N) is 2. The summed E-state index contributed by atoms with van der Waals surface area (Å²) in [5, 5.41) is 11.1. The Morgan fingerprint density at radius 2 is 1.80 bits per heavy atom. The highest BCUT2D eigenvalue weighted by molar-refractivity contribution is 6.38. The molecule has 2 N–H and O–H groups in total. The number of nitrogens with zero attached hydrogens (tertiary/aromatic N) is 1. The summed E-state index contributed by atoms with van der Waals surface area (Å²) in [7, 11) is 0. The van der Waals surface area contributed by atoms with Crippen LogP contribution in [0.4, 0.5) is 5.69 Å². The monoisotopic (exact) mass is 318 g/mol. The number of hydrogen-bond donors (Lipinski definition) is 2. The largest absolute Gasteiger partial charge is 0.550 e. The van der Waals surface area contributed by atoms with Crippen LogP contribution in [0.1, 0.15) is 26.7 Å². The SMILES string of the molecule is CC(C)(CC(=O)[O-])CC(=O)NNc1c(Cl)cncc1Cl. The summed E-state index contributed by atoms with van der Waals surface area (Å²) in [5.41, 5.74) is 4.62. The van der Waals surface area contributed by atoms with Crippen LogP contribution in [0.5, 0.6) is 0 Å². The number of aromatic nitrogens is 1. The topological polar surface area (TPSA) is 94.1 Å². The standard InChI is InChI=1S/C12H15Cl2N3O3/c1-12(2,4-10(19)20)3-9(18)16-17-11-7(13)5-15-6-8(11)14/h5-6H,3-4H2,1-2H3,(H,15,17)(H,16,18)(H,19,20)/p-1. The van der Waals surface area contributed by atoms with E-state index in [4.69, 9.17) is 23.2 Å². The number of aliphatic carboxylic acids is 1. The molecule has 0 unspecified atom stereocenters. The van der Waals surface area contributed by atoms with Gasteiger partial charge in [0.05, 0.1) is 15.7 Å². The molecule has 0 aromatic carbocycles. The highest BCUT2D eigenvalue weighted by Crippen LogP contribution is 2.28. The maximum absolute atomic E-state index is 11.7. The van der Waals surface area contributed by atoms with Gasteiger partial charge in [-0.25, -0.2) is 0 Å². The molecule has 1 amide bonds. The van der Waals surface area contributed by atoms with Crippen molar-refractivity contribution in [3.8, 4) is 0 Å². The smallest absolute Gasteiger partial charge is 0.238 e. The van der Waals surface area contributed by atoms with Crippen molar-refractivity contribution in [3.63, 3.8) is 0 Å². The Labute approximate surface area is 126 Å². The van der Waals surface area contributed by atoms with Gasteiger partial charge in [0, 0.05) is 24.8 Å². The summed E-state index contributed by atoms with van der Waals surface area (Å²) >= 11 is 11.7. The minimum absolute atomic E-state index is 0.00824. The van der Waals surface area contributed by atoms with Crippen molar-refractivity contribution >= 4 is 40.8 Å². The van der Waals surface area contributed by atoms with Crippen LogP contribution in [0.3, 0.4) is 0 Å². The van der Waals surface area contributed by atoms with Crippen LogP contribution in [0.25, 0.3) is 0 Å². The zero-order valence-corrected chi connectivity index (χ0v) is 12.5. The molecule has 1 rings (SSSR count). The molecule has 0 aliphatic heterocycles. The molecule has 1 heterocycles. The number of amides is 1. The summed E-state index contributed by atoms with van der Waals surface area (Å²) in [4.78, 5) is 26.1. The third-order valence-electron chi connectivity index (χ3n) is 2.44. The Kier molecular flexibility index (Phi) is 5.59. The number of hydrazine groups is 1. The number of pyridine rings is 1. The third-order valence-corrected chi connectivity index (χ3v) is 3.02. The number of rotatable bonds is 6. The van der Waals surface area contributed by atoms with E-state index in [9.17, 15) is 14.7 Å². The molecule has 0 aliphatic carbocycles. The summed E-state index contributed by atoms with van der Waals surface area (Å²) in [6, 6.07) is 0. The van der Waals surface area contributed by atoms with E-state index in [1.807, 2.05) is 0 Å². The van der Waals surface area contributed by atoms with E-state index >= 15 is 0 Å². The molecule has 0 atom stereocenters. The minimum Gasteiger partial charge on any atom is -0.550 e. The van der Waals surface area contributed by atoms with Crippen LogP contribution >= 0.6 is 23.2 Å². The van der Waals surface area contributed by atoms with Crippen molar-refractivity contribution < 1.29 is 14.7 Å². The van der Waals surface area contributed by atoms with Gasteiger partial charge >= 0.3 is 0 Å². The average Bonchev–Trinajstić information content (AvgIpc) is 2.25. The number of carbonyl (C=O) groups excluding carboxylic acids is 2. The van der Waals surface area contributed by atoms with Crippen molar-refractivity contribution in [1.29, 1.82) is 0 Å². The van der Waals surface area contributed by atoms with Gasteiger partial charge in [-0.05, 0) is 11.8 Å². The number of carbonyl (C=O) groups is 2. The van der Waals surface area contributed by atoms with E-state index in [2.05, 4.69) is 15.8 Å². The molecule has 0 aliphatic rings. The first-order valence-electron chi connectivity index (χ1n) is 5.75. The second-order valence-electron chi connectivity index (χ2n) is 5.04. The fraction of sp³-hybridized carbons (Fsp3) is 0.417. The maximum atomic E-state index is 11.7. The van der Waals surface area contributed by atoms with Gasteiger partial charge in [0.15, 0.2) is 0 Å². The lowest BCUT2D eigenvalue weighted by Gasteiger charge is -2.24. The van der Waals surface area contributed by atoms with Gasteiger partial charge in [-0.15, -0.1) is 0 Å². The molecular formula is C12H14Cl2N3O3-. The normalized spacial score (nSPS) is 11.0. The molecule has 0 radical (unpaired) electrons. The molecule has 1 aromatic heterocycles. The maximum Gasteiger partial charge on any atom is 0.238 e. The molecular weight excluding hydrogens is 305 g/mol. The van der Waals surface area contributed by atoms with Gasteiger partial charge in [0.1, 0.15) is 0 Å². The second kappa shape index (κ2) is 6.76. The highest BCUT2D eigenvalue weighted by Gasteiger charge is 2.22. The molecule has 0 saturated heterocycles. The van der Waals surface area contributed by atoms with Gasteiger partial charge in [-0.3, -0.25) is 20.6 Å². The lowest BCUT2D eigenvalue weighted by atomic mass is 9.85. The summed E-state index contributed by atoms with van der Waals surface area (Å²) in [6.07, 6.45) is 2.55. The fourth-order valence-corrected chi connectivity index (χ4v) is 2.05. The quantitative estimate of drug-likeness (QED) is 0.773. The van der Waals surface area contributed by atoms with Crippen LogP contribution < -0.4 is 16.0 Å². The first kappa shape index (κ1) is 16.5. The number of halogens is 2. The summed E-state index contributed by atoms with van der Waals surface area (Å²) in [6.45, 7) is 3.32. The van der Waals surface area contributed by atoms with Crippen LogP contribution in [0, 0.1) is 5.41 Å². The van der Waals surface area contributed by atoms with E-state index < -0.39 is 11.4 Å². The van der Waals surface area contributed by atoms with E-state index in [1.165, 1.54) is 12.4 Å². The van der Waals surface area contributed by atoms with Crippen LogP contribution in [0.15, 0.2) is 12.4 Å². The zero-order valence-electron chi connectivity index (χ0n) is 11.0. The van der Waals surface area contributed by atoms with Gasteiger partial charge < -0.3 is 9.90 Å². The molecule has 6 nitrogen and oxygen atoms in total. The van der Waals surface area contributed by atoms with Gasteiger partial charge in [0.25, 0.3) is 0 Å². The van der Waals surface area contributed by atoms with Crippen molar-refractivity contribution in [2.24, 2.45) is 5.41 Å². The first-order valence-corrected chi connectivity index (χ1v) is 6.50. The number of carboxylic acids is 1. The van der Waals surface area contributed by atoms with Crippen molar-refractivity contribution in [2.75, 3.05) is 5.43 Å². The fourth-order valence-electron chi connectivity index (χ4n) is 1.60. The van der Waals surface area contributed by atoms with Crippen LogP contribution in [0.2, 0.25) is 10.0 Å². The number of hydrogen-bond acceptors (Lipinski definition) is 5. The Bertz CT molecular complexity index is 500. The lowest BCUT2D eigenvalue weighted by molar-refractivity contribution is -0.307. The summed E-state index contributed by atoms with van der Waals surface area (Å²) < 4.78 is 0.